The van der Waals surface area contributed by atoms with Gasteiger partial charge in [0.15, 0.2) is 0 Å². The van der Waals surface area contributed by atoms with Crippen LogP contribution in [0.1, 0.15) is 17.2 Å². The molecule has 1 heterocycles. The lowest BCUT2D eigenvalue weighted by Gasteiger charge is -2.18. The van der Waals surface area contributed by atoms with Gasteiger partial charge in [-0.3, -0.25) is 4.98 Å². The molecule has 2 rings (SSSR count). The van der Waals surface area contributed by atoms with Gasteiger partial charge in [0.05, 0.1) is 0 Å². The van der Waals surface area contributed by atoms with Gasteiger partial charge in [-0.2, -0.15) is 0 Å². The van der Waals surface area contributed by atoms with Crippen molar-refractivity contribution in [3.63, 3.8) is 0 Å². The number of nitrogens with one attached hydrogen (secondary N) is 1. The van der Waals surface area contributed by atoms with Gasteiger partial charge in [0, 0.05) is 24.0 Å². The van der Waals surface area contributed by atoms with E-state index in [1.54, 1.807) is 25.5 Å². The maximum Gasteiger partial charge on any atom is 0.130 e. The third kappa shape index (κ3) is 2.71. The standard InChI is InChI=1S/C14H14F2N2/c1-17-13(8-10-4-3-7-18-9-10)14-11(15)5-2-6-12(14)16/h2-7,9,13,17H,8H2,1H3. The van der Waals surface area contributed by atoms with E-state index in [2.05, 4.69) is 10.3 Å². The normalized spacial score (nSPS) is 12.4. The largest absolute Gasteiger partial charge is 0.313 e. The minimum atomic E-state index is -0.529. The molecule has 0 aliphatic heterocycles. The third-order valence-corrected chi connectivity index (χ3v) is 2.86. The Labute approximate surface area is 105 Å². The van der Waals surface area contributed by atoms with Crippen LogP contribution in [0.5, 0.6) is 0 Å². The second-order valence-corrected chi connectivity index (χ2v) is 4.04. The first-order chi connectivity index (χ1) is 8.72. The van der Waals surface area contributed by atoms with E-state index < -0.39 is 17.7 Å². The Hall–Kier alpha value is -1.81. The molecule has 0 aliphatic carbocycles. The molecule has 1 atom stereocenters. The molecule has 0 saturated heterocycles. The van der Waals surface area contributed by atoms with Crippen LogP contribution in [0.2, 0.25) is 0 Å². The predicted octanol–water partition coefficient (Wildman–Crippen LogP) is 2.86. The third-order valence-electron chi connectivity index (χ3n) is 2.86. The van der Waals surface area contributed by atoms with Crippen LogP contribution in [-0.2, 0) is 6.42 Å². The number of pyridine rings is 1. The molecule has 1 aromatic heterocycles. The molecule has 0 aliphatic rings. The van der Waals surface area contributed by atoms with Crippen LogP contribution >= 0.6 is 0 Å². The highest BCUT2D eigenvalue weighted by molar-refractivity contribution is 5.25. The topological polar surface area (TPSA) is 24.9 Å². The lowest BCUT2D eigenvalue weighted by atomic mass is 9.99. The van der Waals surface area contributed by atoms with E-state index in [4.69, 9.17) is 0 Å². The van der Waals surface area contributed by atoms with Gasteiger partial charge in [0.2, 0.25) is 0 Å². The summed E-state index contributed by atoms with van der Waals surface area (Å²) in [4.78, 5) is 4.00. The zero-order chi connectivity index (χ0) is 13.0. The molecule has 1 unspecified atom stereocenters. The molecule has 1 aromatic carbocycles. The molecule has 0 spiro atoms. The average Bonchev–Trinajstić information content (AvgIpc) is 2.38. The van der Waals surface area contributed by atoms with Gasteiger partial charge in [-0.05, 0) is 37.2 Å². The molecule has 94 valence electrons. The minimum Gasteiger partial charge on any atom is -0.313 e. The molecule has 0 amide bonds. The molecule has 2 aromatic rings. The Morgan fingerprint density at radius 1 is 1.17 bits per heavy atom. The summed E-state index contributed by atoms with van der Waals surface area (Å²) in [6.07, 6.45) is 3.85. The van der Waals surface area contributed by atoms with Crippen molar-refractivity contribution in [2.24, 2.45) is 0 Å². The van der Waals surface area contributed by atoms with Crippen molar-refractivity contribution in [2.75, 3.05) is 7.05 Å². The Morgan fingerprint density at radius 2 is 1.89 bits per heavy atom. The first-order valence-corrected chi connectivity index (χ1v) is 5.72. The first kappa shape index (κ1) is 12.6. The van der Waals surface area contributed by atoms with E-state index in [1.165, 1.54) is 18.2 Å². The van der Waals surface area contributed by atoms with Crippen molar-refractivity contribution in [1.82, 2.24) is 10.3 Å². The zero-order valence-corrected chi connectivity index (χ0v) is 10.0. The SMILES string of the molecule is CNC(Cc1cccnc1)c1c(F)cccc1F. The lowest BCUT2D eigenvalue weighted by molar-refractivity contribution is 0.489. The van der Waals surface area contributed by atoms with Gasteiger partial charge < -0.3 is 5.32 Å². The minimum absolute atomic E-state index is 0.0730. The molecular weight excluding hydrogens is 234 g/mol. The zero-order valence-electron chi connectivity index (χ0n) is 10.0. The quantitative estimate of drug-likeness (QED) is 0.900. The summed E-state index contributed by atoms with van der Waals surface area (Å²) >= 11 is 0. The van der Waals surface area contributed by atoms with Crippen LogP contribution in [0, 0.1) is 11.6 Å². The Morgan fingerprint density at radius 3 is 2.44 bits per heavy atom. The van der Waals surface area contributed by atoms with Gasteiger partial charge >= 0.3 is 0 Å². The number of rotatable bonds is 4. The maximum absolute atomic E-state index is 13.7. The summed E-state index contributed by atoms with van der Waals surface area (Å²) in [7, 11) is 1.69. The number of halogens is 2. The van der Waals surface area contributed by atoms with Gasteiger partial charge in [-0.25, -0.2) is 8.78 Å². The van der Waals surface area contributed by atoms with Crippen LogP contribution in [0.4, 0.5) is 8.78 Å². The van der Waals surface area contributed by atoms with Gasteiger partial charge in [-0.1, -0.05) is 12.1 Å². The Kier molecular flexibility index (Phi) is 3.99. The molecule has 2 nitrogen and oxygen atoms in total. The van der Waals surface area contributed by atoms with E-state index in [1.807, 2.05) is 6.07 Å². The second-order valence-electron chi connectivity index (χ2n) is 4.04. The van der Waals surface area contributed by atoms with Gasteiger partial charge in [0.25, 0.3) is 0 Å². The molecule has 4 heteroatoms. The summed E-state index contributed by atoms with van der Waals surface area (Å²) in [5.41, 5.74) is 1.00. The highest BCUT2D eigenvalue weighted by Gasteiger charge is 2.18. The Balaban J connectivity index is 2.29. The fraction of sp³-hybridized carbons (Fsp3) is 0.214. The van der Waals surface area contributed by atoms with Crippen molar-refractivity contribution in [1.29, 1.82) is 0 Å². The average molecular weight is 248 g/mol. The lowest BCUT2D eigenvalue weighted by Crippen LogP contribution is -2.21. The second kappa shape index (κ2) is 5.69. The molecule has 0 bridgehead atoms. The number of hydrogen-bond donors (Lipinski definition) is 1. The number of hydrogen-bond acceptors (Lipinski definition) is 2. The highest BCUT2D eigenvalue weighted by Crippen LogP contribution is 2.23. The smallest absolute Gasteiger partial charge is 0.130 e. The van der Waals surface area contributed by atoms with Crippen LogP contribution in [0.25, 0.3) is 0 Å². The van der Waals surface area contributed by atoms with Crippen molar-refractivity contribution in [2.45, 2.75) is 12.5 Å². The number of nitrogens with zero attached hydrogens (tertiary/aromatic N) is 1. The summed E-state index contributed by atoms with van der Waals surface area (Å²) < 4.78 is 27.4. The van der Waals surface area contributed by atoms with Crippen LogP contribution < -0.4 is 5.32 Å². The van der Waals surface area contributed by atoms with Crippen molar-refractivity contribution >= 4 is 0 Å². The number of benzene rings is 1. The van der Waals surface area contributed by atoms with Gasteiger partial charge in [-0.15, -0.1) is 0 Å². The van der Waals surface area contributed by atoms with Crippen molar-refractivity contribution in [3.05, 3.63) is 65.5 Å². The van der Waals surface area contributed by atoms with E-state index in [9.17, 15) is 8.78 Å². The molecule has 18 heavy (non-hydrogen) atoms. The Bertz CT molecular complexity index is 494. The van der Waals surface area contributed by atoms with Crippen molar-refractivity contribution in [3.8, 4) is 0 Å². The van der Waals surface area contributed by atoms with Gasteiger partial charge in [0.1, 0.15) is 11.6 Å². The highest BCUT2D eigenvalue weighted by atomic mass is 19.1. The first-order valence-electron chi connectivity index (χ1n) is 5.72. The summed E-state index contributed by atoms with van der Waals surface area (Å²) in [6.45, 7) is 0. The molecule has 1 N–H and O–H groups in total. The van der Waals surface area contributed by atoms with E-state index >= 15 is 0 Å². The fourth-order valence-electron chi connectivity index (χ4n) is 1.95. The van der Waals surface area contributed by atoms with Crippen LogP contribution in [-0.4, -0.2) is 12.0 Å². The molecular formula is C14H14F2N2. The number of aromatic nitrogens is 1. The maximum atomic E-state index is 13.7. The van der Waals surface area contributed by atoms with Crippen molar-refractivity contribution < 1.29 is 8.78 Å². The van der Waals surface area contributed by atoms with E-state index in [0.29, 0.717) is 6.42 Å². The van der Waals surface area contributed by atoms with E-state index in [0.717, 1.165) is 5.56 Å². The summed E-state index contributed by atoms with van der Waals surface area (Å²) in [6, 6.07) is 7.19. The summed E-state index contributed by atoms with van der Waals surface area (Å²) in [5.74, 6) is -1.06. The fourth-order valence-corrected chi connectivity index (χ4v) is 1.95. The van der Waals surface area contributed by atoms with Crippen LogP contribution in [0.15, 0.2) is 42.7 Å². The predicted molar refractivity (Wildman–Crippen MR) is 66.1 cm³/mol. The van der Waals surface area contributed by atoms with E-state index in [-0.39, 0.29) is 5.56 Å². The summed E-state index contributed by atoms with van der Waals surface area (Å²) in [5, 5.41) is 2.94. The monoisotopic (exact) mass is 248 g/mol. The molecule has 0 fully saturated rings. The van der Waals surface area contributed by atoms with Crippen LogP contribution in [0.3, 0.4) is 0 Å². The molecule has 0 saturated carbocycles. The molecule has 0 radical (unpaired) electrons. The number of likely N-dealkylation sites (N-methyl/N-ethyl adjacent to an activating group) is 1.